The van der Waals surface area contributed by atoms with Gasteiger partial charge < -0.3 is 14.7 Å². The molecule has 232 valence electrons. The summed E-state index contributed by atoms with van der Waals surface area (Å²) >= 11 is 6.39. The molecule has 1 amide bonds. The van der Waals surface area contributed by atoms with Gasteiger partial charge in [-0.1, -0.05) is 50.6 Å². The number of rotatable bonds is 1. The monoisotopic (exact) mass is 626 g/mol. The molecule has 2 aromatic rings. The molecule has 2 N–H and O–H groups in total. The third kappa shape index (κ3) is 5.83. The zero-order valence-corrected chi connectivity index (χ0v) is 26.8. The Balaban J connectivity index is 1.43. The number of aliphatic hydroxyl groups is 1. The van der Waals surface area contributed by atoms with E-state index in [1.807, 2.05) is 39.0 Å². The molecule has 0 unspecified atom stereocenters. The van der Waals surface area contributed by atoms with E-state index in [0.29, 0.717) is 31.9 Å². The van der Waals surface area contributed by atoms with Crippen molar-refractivity contribution >= 4 is 33.2 Å². The molecule has 1 fully saturated rings. The third-order valence-electron chi connectivity index (χ3n) is 10.3. The number of benzene rings is 2. The van der Waals surface area contributed by atoms with Crippen molar-refractivity contribution in [1.82, 2.24) is 4.72 Å². The second kappa shape index (κ2) is 11.8. The van der Waals surface area contributed by atoms with Crippen molar-refractivity contribution in [3.05, 3.63) is 70.3 Å². The van der Waals surface area contributed by atoms with Gasteiger partial charge in [0.1, 0.15) is 5.75 Å². The van der Waals surface area contributed by atoms with Crippen LogP contribution in [0.3, 0.4) is 0 Å². The van der Waals surface area contributed by atoms with Crippen molar-refractivity contribution in [2.75, 3.05) is 24.6 Å². The maximum absolute atomic E-state index is 13.6. The van der Waals surface area contributed by atoms with Crippen molar-refractivity contribution in [2.24, 2.45) is 23.7 Å². The van der Waals surface area contributed by atoms with Gasteiger partial charge in [0.05, 0.1) is 23.6 Å². The molecular formula is C34H43ClN2O5S. The van der Waals surface area contributed by atoms with E-state index in [-0.39, 0.29) is 34.7 Å². The highest BCUT2D eigenvalue weighted by Gasteiger charge is 2.44. The van der Waals surface area contributed by atoms with E-state index in [4.69, 9.17) is 16.3 Å². The van der Waals surface area contributed by atoms with Gasteiger partial charge in [0.15, 0.2) is 0 Å². The average Bonchev–Trinajstić information content (AvgIpc) is 3.07. The number of ether oxygens (including phenoxy) is 1. The van der Waals surface area contributed by atoms with Crippen LogP contribution < -0.4 is 14.4 Å². The molecule has 2 aliphatic heterocycles. The van der Waals surface area contributed by atoms with Crippen LogP contribution in [0.5, 0.6) is 5.75 Å². The second-order valence-corrected chi connectivity index (χ2v) is 15.9. The standard InChI is InChI=1S/C34H43ClN2O5S/c1-21(2)32-22(3)6-4-8-30(38)27-12-9-25(27)18-37-19-34(15-5-7-23-16-26(35)11-13-28(23)34)20-42-31-14-10-24(17-29(31)37)33(39)36-43(32,40)41/h4,8,10-11,13-14,16-17,21-22,25,27,30,32,38H,5-7,9,12,15,18-20H2,1-3H3,(H,36,39)/b8-4-/t22-,25+,27-,30+,32-,34+/m1/s1. The van der Waals surface area contributed by atoms with Crippen molar-refractivity contribution in [2.45, 2.75) is 76.1 Å². The predicted octanol–water partition coefficient (Wildman–Crippen LogP) is 5.88. The number of allylic oxidation sites excluding steroid dienone is 1. The van der Waals surface area contributed by atoms with Crippen molar-refractivity contribution in [3.8, 4) is 5.75 Å². The quantitative estimate of drug-likeness (QED) is 0.384. The number of carbonyl (C=O) groups excluding carboxylic acids is 1. The SMILES string of the molecule is CC(C)[C@@H]1[C@H](C)C/C=C\[C@H](O)[C@@H]2CC[C@H]2CN2C[C@@]3(CCCc4cc(Cl)ccc43)COc3ccc(cc32)C(=O)NS1(=O)=O. The Morgan fingerprint density at radius 3 is 2.72 bits per heavy atom. The Morgan fingerprint density at radius 1 is 1.16 bits per heavy atom. The highest BCUT2D eigenvalue weighted by molar-refractivity contribution is 7.90. The number of sulfonamides is 1. The van der Waals surface area contributed by atoms with Gasteiger partial charge in [0.2, 0.25) is 10.0 Å². The lowest BCUT2D eigenvalue weighted by Gasteiger charge is -2.45. The van der Waals surface area contributed by atoms with E-state index in [0.717, 1.165) is 42.8 Å². The zero-order valence-electron chi connectivity index (χ0n) is 25.3. The van der Waals surface area contributed by atoms with E-state index < -0.39 is 27.3 Å². The summed E-state index contributed by atoms with van der Waals surface area (Å²) in [5.41, 5.74) is 3.33. The molecule has 2 aromatic carbocycles. The van der Waals surface area contributed by atoms with Gasteiger partial charge in [-0.2, -0.15) is 0 Å². The summed E-state index contributed by atoms with van der Waals surface area (Å²) in [6.45, 7) is 7.53. The minimum Gasteiger partial charge on any atom is -0.490 e. The summed E-state index contributed by atoms with van der Waals surface area (Å²) in [4.78, 5) is 15.9. The Labute approximate surface area is 260 Å². The summed E-state index contributed by atoms with van der Waals surface area (Å²) in [6.07, 6.45) is 8.61. The van der Waals surface area contributed by atoms with Crippen molar-refractivity contribution in [3.63, 3.8) is 0 Å². The van der Waals surface area contributed by atoms with E-state index in [9.17, 15) is 18.3 Å². The Morgan fingerprint density at radius 2 is 1.98 bits per heavy atom. The van der Waals surface area contributed by atoms with E-state index >= 15 is 0 Å². The number of hydrogen-bond acceptors (Lipinski definition) is 6. The lowest BCUT2D eigenvalue weighted by atomic mass is 9.68. The Kier molecular flexibility index (Phi) is 8.33. The van der Waals surface area contributed by atoms with Gasteiger partial charge in [0.25, 0.3) is 5.91 Å². The fourth-order valence-electron chi connectivity index (χ4n) is 8.10. The Bertz CT molecular complexity index is 1520. The molecule has 9 heteroatoms. The molecule has 6 atom stereocenters. The van der Waals surface area contributed by atoms with Crippen LogP contribution in [-0.4, -0.2) is 50.5 Å². The molecule has 4 aliphatic rings. The number of nitrogens with zero attached hydrogens (tertiary/aromatic N) is 1. The smallest absolute Gasteiger partial charge is 0.264 e. The van der Waals surface area contributed by atoms with Crippen LogP contribution in [0.25, 0.3) is 0 Å². The fraction of sp³-hybridized carbons (Fsp3) is 0.559. The number of anilines is 1. The van der Waals surface area contributed by atoms with Gasteiger partial charge in [0, 0.05) is 29.1 Å². The molecule has 2 aliphatic carbocycles. The molecule has 43 heavy (non-hydrogen) atoms. The number of halogens is 1. The lowest BCUT2D eigenvalue weighted by molar-refractivity contribution is 0.0455. The zero-order chi connectivity index (χ0) is 30.5. The largest absolute Gasteiger partial charge is 0.490 e. The number of fused-ring (bicyclic) bond motifs is 4. The van der Waals surface area contributed by atoms with Crippen LogP contribution in [0.15, 0.2) is 48.6 Å². The summed E-state index contributed by atoms with van der Waals surface area (Å²) in [5, 5.41) is 11.2. The average molecular weight is 627 g/mol. The lowest BCUT2D eigenvalue weighted by Crippen LogP contribution is -2.49. The van der Waals surface area contributed by atoms with Crippen LogP contribution in [0.4, 0.5) is 5.69 Å². The highest BCUT2D eigenvalue weighted by atomic mass is 35.5. The third-order valence-corrected chi connectivity index (χ3v) is 12.8. The van der Waals surface area contributed by atoms with Crippen molar-refractivity contribution < 1.29 is 23.1 Å². The van der Waals surface area contributed by atoms with Crippen LogP contribution in [0.2, 0.25) is 5.02 Å². The van der Waals surface area contributed by atoms with Gasteiger partial charge in [-0.15, -0.1) is 0 Å². The summed E-state index contributed by atoms with van der Waals surface area (Å²) in [6, 6.07) is 11.4. The molecule has 1 spiro atoms. The first-order valence-corrected chi connectivity index (χ1v) is 17.6. The van der Waals surface area contributed by atoms with E-state index in [1.165, 1.54) is 11.1 Å². The van der Waals surface area contributed by atoms with Crippen molar-refractivity contribution in [1.29, 1.82) is 0 Å². The molecule has 0 saturated heterocycles. The van der Waals surface area contributed by atoms with Crippen LogP contribution >= 0.6 is 11.6 Å². The number of hydrogen-bond donors (Lipinski definition) is 2. The van der Waals surface area contributed by atoms with Gasteiger partial charge in [-0.05, 0) is 104 Å². The highest BCUT2D eigenvalue weighted by Crippen LogP contribution is 2.46. The van der Waals surface area contributed by atoms with Crippen LogP contribution in [-0.2, 0) is 21.9 Å². The topological polar surface area (TPSA) is 95.9 Å². The maximum Gasteiger partial charge on any atom is 0.264 e. The molecule has 6 rings (SSSR count). The molecule has 1 saturated carbocycles. The maximum atomic E-state index is 13.6. The molecule has 0 radical (unpaired) electrons. The molecule has 0 aromatic heterocycles. The van der Waals surface area contributed by atoms with E-state index in [2.05, 4.69) is 21.8 Å². The summed E-state index contributed by atoms with van der Waals surface area (Å²) < 4.78 is 36.1. The summed E-state index contributed by atoms with van der Waals surface area (Å²) in [7, 11) is -3.97. The molecule has 2 bridgehead atoms. The van der Waals surface area contributed by atoms with Crippen LogP contribution in [0.1, 0.15) is 74.4 Å². The number of aryl methyl sites for hydroxylation is 1. The van der Waals surface area contributed by atoms with Crippen LogP contribution in [0, 0.1) is 23.7 Å². The minimum atomic E-state index is -3.97. The van der Waals surface area contributed by atoms with Gasteiger partial charge in [-0.25, -0.2) is 13.1 Å². The minimum absolute atomic E-state index is 0.122. The molecular weight excluding hydrogens is 584 g/mol. The van der Waals surface area contributed by atoms with Gasteiger partial charge in [-0.3, -0.25) is 4.79 Å². The summed E-state index contributed by atoms with van der Waals surface area (Å²) in [5.74, 6) is 0.0209. The fourth-order valence-corrected chi connectivity index (χ4v) is 10.2. The number of nitrogens with one attached hydrogen (secondary N) is 1. The first-order chi connectivity index (χ1) is 20.5. The van der Waals surface area contributed by atoms with E-state index in [1.54, 1.807) is 18.2 Å². The molecule has 7 nitrogen and oxygen atoms in total. The molecule has 2 heterocycles. The second-order valence-electron chi connectivity index (χ2n) is 13.6. The first kappa shape index (κ1) is 30.5. The number of amides is 1. The predicted molar refractivity (Wildman–Crippen MR) is 170 cm³/mol. The van der Waals surface area contributed by atoms with Gasteiger partial charge >= 0.3 is 0 Å². The number of aliphatic hydroxyl groups excluding tert-OH is 1. The number of carbonyl (C=O) groups is 1. The first-order valence-electron chi connectivity index (χ1n) is 15.7. The normalized spacial score (nSPS) is 32.9. The Hall–Kier alpha value is -2.55.